The molecule has 1 N–H and O–H groups in total. The normalized spacial score (nSPS) is 19.1. The van der Waals surface area contributed by atoms with Gasteiger partial charge in [0.2, 0.25) is 20.0 Å². The first-order chi connectivity index (χ1) is 9.38. The first kappa shape index (κ1) is 15.4. The molecule has 8 heteroatoms. The van der Waals surface area contributed by atoms with Crippen molar-refractivity contribution < 1.29 is 16.8 Å². The molecule has 0 aliphatic carbocycles. The predicted molar refractivity (Wildman–Crippen MR) is 76.2 cm³/mol. The number of hydrogen-bond acceptors (Lipinski definition) is 4. The standard InChI is InChI=1S/C12H18N2O4S2/c1-13-19(15,16)11-7-9-14(10-8-11)20(17,18)12-5-3-2-4-6-12/h2-6,11,13H,7-10H2,1H3. The van der Waals surface area contributed by atoms with Crippen LogP contribution >= 0.6 is 0 Å². The summed E-state index contributed by atoms with van der Waals surface area (Å²) in [5.41, 5.74) is 0. The van der Waals surface area contributed by atoms with Crippen molar-refractivity contribution in [3.05, 3.63) is 30.3 Å². The lowest BCUT2D eigenvalue weighted by Crippen LogP contribution is -2.44. The molecule has 0 bridgehead atoms. The summed E-state index contributed by atoms with van der Waals surface area (Å²) in [4.78, 5) is 0.245. The van der Waals surface area contributed by atoms with Crippen LogP contribution in [0.3, 0.4) is 0 Å². The molecule has 0 amide bonds. The van der Waals surface area contributed by atoms with E-state index in [0.29, 0.717) is 12.8 Å². The van der Waals surface area contributed by atoms with Gasteiger partial charge in [-0.05, 0) is 32.0 Å². The van der Waals surface area contributed by atoms with Gasteiger partial charge >= 0.3 is 0 Å². The van der Waals surface area contributed by atoms with Gasteiger partial charge in [0.05, 0.1) is 10.1 Å². The minimum absolute atomic E-state index is 0.225. The molecule has 0 unspecified atom stereocenters. The summed E-state index contributed by atoms with van der Waals surface area (Å²) in [7, 11) is -5.47. The zero-order valence-electron chi connectivity index (χ0n) is 11.2. The van der Waals surface area contributed by atoms with E-state index in [2.05, 4.69) is 4.72 Å². The van der Waals surface area contributed by atoms with Crippen molar-refractivity contribution in [1.29, 1.82) is 0 Å². The number of nitrogens with one attached hydrogen (secondary N) is 1. The van der Waals surface area contributed by atoms with Gasteiger partial charge in [0.25, 0.3) is 0 Å². The zero-order chi connectivity index (χ0) is 14.8. The molecule has 6 nitrogen and oxygen atoms in total. The van der Waals surface area contributed by atoms with Crippen LogP contribution in [0, 0.1) is 0 Å². The lowest BCUT2D eigenvalue weighted by atomic mass is 10.2. The molecular weight excluding hydrogens is 300 g/mol. The van der Waals surface area contributed by atoms with E-state index in [9.17, 15) is 16.8 Å². The Hall–Kier alpha value is -0.960. The van der Waals surface area contributed by atoms with E-state index in [-0.39, 0.29) is 18.0 Å². The van der Waals surface area contributed by atoms with Crippen LogP contribution in [-0.2, 0) is 20.0 Å². The van der Waals surface area contributed by atoms with E-state index < -0.39 is 25.3 Å². The second-order valence-corrected chi connectivity index (χ2v) is 8.77. The minimum Gasteiger partial charge on any atom is -0.218 e. The van der Waals surface area contributed by atoms with Crippen molar-refractivity contribution in [2.45, 2.75) is 23.0 Å². The van der Waals surface area contributed by atoms with Crippen LogP contribution in [0.2, 0.25) is 0 Å². The number of benzene rings is 1. The van der Waals surface area contributed by atoms with Gasteiger partial charge in [-0.1, -0.05) is 18.2 Å². The first-order valence-corrected chi connectivity index (χ1v) is 9.34. The Morgan fingerprint density at radius 1 is 1.05 bits per heavy atom. The number of hydrogen-bond donors (Lipinski definition) is 1. The van der Waals surface area contributed by atoms with Crippen molar-refractivity contribution in [2.24, 2.45) is 0 Å². The third-order valence-corrected chi connectivity index (χ3v) is 7.34. The van der Waals surface area contributed by atoms with E-state index in [1.54, 1.807) is 30.3 Å². The summed E-state index contributed by atoms with van der Waals surface area (Å²) >= 11 is 0. The number of rotatable bonds is 4. The number of piperidine rings is 1. The summed E-state index contributed by atoms with van der Waals surface area (Å²) in [6.07, 6.45) is 0.629. The zero-order valence-corrected chi connectivity index (χ0v) is 12.8. The quantitative estimate of drug-likeness (QED) is 0.870. The molecular formula is C12H18N2O4S2. The highest BCUT2D eigenvalue weighted by Crippen LogP contribution is 2.23. The lowest BCUT2D eigenvalue weighted by molar-refractivity contribution is 0.345. The molecule has 1 heterocycles. The third kappa shape index (κ3) is 3.03. The van der Waals surface area contributed by atoms with E-state index in [1.165, 1.54) is 11.4 Å². The Morgan fingerprint density at radius 3 is 2.10 bits per heavy atom. The minimum atomic E-state index is -3.52. The highest BCUT2D eigenvalue weighted by Gasteiger charge is 2.34. The summed E-state index contributed by atoms with van der Waals surface area (Å²) in [6, 6.07) is 8.19. The lowest BCUT2D eigenvalue weighted by Gasteiger charge is -2.30. The molecule has 2 rings (SSSR count). The maximum atomic E-state index is 12.4. The van der Waals surface area contributed by atoms with Crippen LogP contribution in [0.4, 0.5) is 0 Å². The first-order valence-electron chi connectivity index (χ1n) is 6.35. The van der Waals surface area contributed by atoms with Crippen molar-refractivity contribution in [1.82, 2.24) is 9.03 Å². The summed E-state index contributed by atoms with van der Waals surface area (Å²) in [6.45, 7) is 0.450. The van der Waals surface area contributed by atoms with Crippen LogP contribution in [0.25, 0.3) is 0 Å². The SMILES string of the molecule is CNS(=O)(=O)C1CCN(S(=O)(=O)c2ccccc2)CC1. The highest BCUT2D eigenvalue weighted by atomic mass is 32.2. The molecule has 1 aromatic carbocycles. The third-order valence-electron chi connectivity index (χ3n) is 3.51. The van der Waals surface area contributed by atoms with Gasteiger partial charge in [-0.2, -0.15) is 4.31 Å². The summed E-state index contributed by atoms with van der Waals surface area (Å²) in [5.74, 6) is 0. The topological polar surface area (TPSA) is 83.6 Å². The van der Waals surface area contributed by atoms with Gasteiger partial charge in [-0.15, -0.1) is 0 Å². The van der Waals surface area contributed by atoms with Gasteiger partial charge in [-0.25, -0.2) is 21.6 Å². The van der Waals surface area contributed by atoms with Gasteiger partial charge in [0.15, 0.2) is 0 Å². The molecule has 0 saturated carbocycles. The molecule has 1 aromatic rings. The van der Waals surface area contributed by atoms with Gasteiger partial charge in [0.1, 0.15) is 0 Å². The predicted octanol–water partition coefficient (Wildman–Crippen LogP) is 0.389. The van der Waals surface area contributed by atoms with E-state index in [1.807, 2.05) is 0 Å². The number of sulfonamides is 2. The van der Waals surface area contributed by atoms with Gasteiger partial charge in [-0.3, -0.25) is 0 Å². The van der Waals surface area contributed by atoms with Crippen molar-refractivity contribution in [3.8, 4) is 0 Å². The smallest absolute Gasteiger partial charge is 0.218 e. The number of nitrogens with zero attached hydrogens (tertiary/aromatic N) is 1. The average molecular weight is 318 g/mol. The molecule has 112 valence electrons. The Bertz CT molecular complexity index is 648. The molecule has 0 atom stereocenters. The van der Waals surface area contributed by atoms with E-state index in [0.717, 1.165) is 0 Å². The monoisotopic (exact) mass is 318 g/mol. The molecule has 1 saturated heterocycles. The van der Waals surface area contributed by atoms with Crippen LogP contribution < -0.4 is 4.72 Å². The van der Waals surface area contributed by atoms with E-state index in [4.69, 9.17) is 0 Å². The Balaban J connectivity index is 2.12. The summed E-state index contributed by atoms with van der Waals surface area (Å²) in [5, 5.41) is -0.519. The molecule has 20 heavy (non-hydrogen) atoms. The second-order valence-electron chi connectivity index (χ2n) is 4.67. The van der Waals surface area contributed by atoms with E-state index >= 15 is 0 Å². The second kappa shape index (κ2) is 5.80. The molecule has 1 aliphatic rings. The molecule has 0 radical (unpaired) electrons. The van der Waals surface area contributed by atoms with Crippen LogP contribution in [0.5, 0.6) is 0 Å². The fourth-order valence-corrected chi connectivity index (χ4v) is 4.95. The average Bonchev–Trinajstić information content (AvgIpc) is 2.48. The Labute approximate surface area is 119 Å². The highest BCUT2D eigenvalue weighted by molar-refractivity contribution is 7.90. The summed E-state index contributed by atoms with van der Waals surface area (Å²) < 4.78 is 51.8. The fraction of sp³-hybridized carbons (Fsp3) is 0.500. The fourth-order valence-electron chi connectivity index (χ4n) is 2.29. The van der Waals surface area contributed by atoms with Gasteiger partial charge in [0, 0.05) is 13.1 Å². The maximum Gasteiger partial charge on any atom is 0.243 e. The Morgan fingerprint density at radius 2 is 1.60 bits per heavy atom. The van der Waals surface area contributed by atoms with Crippen molar-refractivity contribution in [2.75, 3.05) is 20.1 Å². The largest absolute Gasteiger partial charge is 0.243 e. The van der Waals surface area contributed by atoms with Crippen LogP contribution in [0.15, 0.2) is 35.2 Å². The van der Waals surface area contributed by atoms with Crippen LogP contribution in [0.1, 0.15) is 12.8 Å². The molecule has 0 aromatic heterocycles. The molecule has 1 fully saturated rings. The maximum absolute atomic E-state index is 12.4. The molecule has 1 aliphatic heterocycles. The van der Waals surface area contributed by atoms with Crippen LogP contribution in [-0.4, -0.2) is 46.5 Å². The van der Waals surface area contributed by atoms with Crippen molar-refractivity contribution >= 4 is 20.0 Å². The van der Waals surface area contributed by atoms with Gasteiger partial charge < -0.3 is 0 Å². The van der Waals surface area contributed by atoms with Crippen molar-refractivity contribution in [3.63, 3.8) is 0 Å². The Kier molecular flexibility index (Phi) is 4.48. The molecule has 0 spiro atoms.